The number of aromatic nitrogens is 1. The van der Waals surface area contributed by atoms with Gasteiger partial charge in [0.2, 0.25) is 0 Å². The van der Waals surface area contributed by atoms with E-state index < -0.39 is 0 Å². The van der Waals surface area contributed by atoms with Crippen LogP contribution in [0, 0.1) is 0 Å². The maximum Gasteiger partial charge on any atom is 0.282 e. The maximum atomic E-state index is 12.5. The molecule has 0 aliphatic heterocycles. The summed E-state index contributed by atoms with van der Waals surface area (Å²) in [5.74, 6) is 1.31. The van der Waals surface area contributed by atoms with Crippen molar-refractivity contribution in [3.8, 4) is 5.75 Å². The zero-order valence-electron chi connectivity index (χ0n) is 13.4. The molecule has 0 aliphatic carbocycles. The number of thiophene rings is 1. The summed E-state index contributed by atoms with van der Waals surface area (Å²) in [5, 5.41) is 0. The third-order valence-electron chi connectivity index (χ3n) is 3.49. The normalized spacial score (nSPS) is 12.1. The zero-order chi connectivity index (χ0) is 18.0. The highest BCUT2D eigenvalue weighted by Gasteiger charge is 2.15. The van der Waals surface area contributed by atoms with Crippen LogP contribution in [0.15, 0.2) is 29.3 Å². The number of aryl methyl sites for hydroxylation is 1. The predicted octanol–water partition coefficient (Wildman–Crippen LogP) is 5.18. The summed E-state index contributed by atoms with van der Waals surface area (Å²) < 4.78 is 9.18. The highest BCUT2D eigenvalue weighted by molar-refractivity contribution is 7.98. The van der Waals surface area contributed by atoms with E-state index in [4.69, 9.17) is 27.9 Å². The van der Waals surface area contributed by atoms with Crippen LogP contribution in [-0.4, -0.2) is 29.6 Å². The van der Waals surface area contributed by atoms with E-state index in [1.165, 1.54) is 11.3 Å². The minimum absolute atomic E-state index is 0.336. The Morgan fingerprint density at radius 1 is 1.32 bits per heavy atom. The van der Waals surface area contributed by atoms with Crippen molar-refractivity contribution in [2.45, 2.75) is 6.54 Å². The largest absolute Gasteiger partial charge is 0.497 e. The van der Waals surface area contributed by atoms with Crippen LogP contribution < -0.4 is 9.54 Å². The number of nitrogens with zero attached hydrogens (tertiary/aromatic N) is 2. The van der Waals surface area contributed by atoms with Crippen molar-refractivity contribution in [1.82, 2.24) is 4.57 Å². The van der Waals surface area contributed by atoms with Gasteiger partial charge in [0.1, 0.15) is 10.1 Å². The van der Waals surface area contributed by atoms with Crippen molar-refractivity contribution in [1.29, 1.82) is 0 Å². The molecule has 4 nitrogen and oxygen atoms in total. The molecular formula is C16H14Cl2N2O2S3. The van der Waals surface area contributed by atoms with Crippen LogP contribution in [0.4, 0.5) is 0 Å². The molecule has 0 saturated carbocycles. The summed E-state index contributed by atoms with van der Waals surface area (Å²) in [6.07, 6.45) is 2.05. The van der Waals surface area contributed by atoms with Crippen LogP contribution in [0.3, 0.4) is 0 Å². The van der Waals surface area contributed by atoms with E-state index in [0.29, 0.717) is 19.0 Å². The van der Waals surface area contributed by atoms with E-state index in [1.807, 2.05) is 24.5 Å². The first kappa shape index (κ1) is 18.8. The number of hydrogen-bond donors (Lipinski definition) is 0. The van der Waals surface area contributed by atoms with Crippen LogP contribution in [0.2, 0.25) is 8.67 Å². The first-order valence-electron chi connectivity index (χ1n) is 7.23. The summed E-state index contributed by atoms with van der Waals surface area (Å²) in [5.41, 5.74) is 1.36. The minimum Gasteiger partial charge on any atom is -0.497 e. The molecule has 1 amide bonds. The predicted molar refractivity (Wildman–Crippen MR) is 109 cm³/mol. The topological polar surface area (TPSA) is 43.6 Å². The highest BCUT2D eigenvalue weighted by atomic mass is 35.5. The molecule has 2 heterocycles. The first-order chi connectivity index (χ1) is 12.0. The van der Waals surface area contributed by atoms with E-state index in [9.17, 15) is 4.79 Å². The van der Waals surface area contributed by atoms with Gasteiger partial charge in [0, 0.05) is 12.3 Å². The average Bonchev–Trinajstić information content (AvgIpc) is 3.11. The molecule has 132 valence electrons. The molecule has 2 aromatic heterocycles. The van der Waals surface area contributed by atoms with E-state index >= 15 is 0 Å². The Labute approximate surface area is 167 Å². The molecule has 25 heavy (non-hydrogen) atoms. The average molecular weight is 433 g/mol. The smallest absolute Gasteiger partial charge is 0.282 e. The molecule has 0 saturated heterocycles. The Balaban J connectivity index is 2.12. The zero-order valence-corrected chi connectivity index (χ0v) is 17.4. The lowest BCUT2D eigenvalue weighted by atomic mass is 10.3. The van der Waals surface area contributed by atoms with Gasteiger partial charge in [-0.15, -0.1) is 11.3 Å². The van der Waals surface area contributed by atoms with Gasteiger partial charge in [-0.2, -0.15) is 16.8 Å². The van der Waals surface area contributed by atoms with Crippen molar-refractivity contribution in [3.05, 3.63) is 43.3 Å². The number of amides is 1. The molecule has 0 spiro atoms. The summed E-state index contributed by atoms with van der Waals surface area (Å²) in [7, 11) is 1.63. The van der Waals surface area contributed by atoms with Gasteiger partial charge in [-0.1, -0.05) is 34.5 Å². The van der Waals surface area contributed by atoms with E-state index in [2.05, 4.69) is 9.56 Å². The lowest BCUT2D eigenvalue weighted by Crippen LogP contribution is -2.18. The minimum atomic E-state index is -0.385. The van der Waals surface area contributed by atoms with Crippen LogP contribution in [0.1, 0.15) is 10.4 Å². The Kier molecular flexibility index (Phi) is 6.12. The van der Waals surface area contributed by atoms with Gasteiger partial charge in [-0.05, 0) is 30.5 Å². The molecule has 0 radical (unpaired) electrons. The fourth-order valence-electron chi connectivity index (χ4n) is 2.30. The third-order valence-corrected chi connectivity index (χ3v) is 6.61. The van der Waals surface area contributed by atoms with Gasteiger partial charge in [0.25, 0.3) is 5.91 Å². The van der Waals surface area contributed by atoms with Gasteiger partial charge in [-0.25, -0.2) is 0 Å². The molecule has 1 aromatic carbocycles. The van der Waals surface area contributed by atoms with E-state index in [0.717, 1.165) is 39.6 Å². The van der Waals surface area contributed by atoms with Crippen molar-refractivity contribution < 1.29 is 9.53 Å². The Morgan fingerprint density at radius 2 is 2.12 bits per heavy atom. The number of methoxy groups -OCH3 is 1. The van der Waals surface area contributed by atoms with Crippen molar-refractivity contribution in [2.24, 2.45) is 4.99 Å². The van der Waals surface area contributed by atoms with Crippen LogP contribution in [0.25, 0.3) is 10.2 Å². The van der Waals surface area contributed by atoms with Gasteiger partial charge in [0.15, 0.2) is 4.80 Å². The second-order valence-corrected chi connectivity index (χ2v) is 9.30. The summed E-state index contributed by atoms with van der Waals surface area (Å²) in [6.45, 7) is 0.762. The van der Waals surface area contributed by atoms with Gasteiger partial charge < -0.3 is 9.30 Å². The van der Waals surface area contributed by atoms with Crippen LogP contribution in [0.5, 0.6) is 5.75 Å². The Hall–Kier alpha value is -0.990. The molecule has 0 N–H and O–H groups in total. The van der Waals surface area contributed by atoms with Crippen molar-refractivity contribution in [3.63, 3.8) is 0 Å². The van der Waals surface area contributed by atoms with Crippen LogP contribution >= 0.6 is 57.6 Å². The fraction of sp³-hybridized carbons (Fsp3) is 0.250. The van der Waals surface area contributed by atoms with Gasteiger partial charge >= 0.3 is 0 Å². The number of carbonyl (C=O) groups is 1. The summed E-state index contributed by atoms with van der Waals surface area (Å²) >= 11 is 16.4. The molecule has 0 unspecified atom stereocenters. The number of thiazole rings is 1. The molecular weight excluding hydrogens is 419 g/mol. The monoisotopic (exact) mass is 432 g/mol. The SMILES string of the molecule is COc1ccc2c(c1)sc(=NC(=O)c1cc(Cl)sc1Cl)n2CCSC. The molecule has 0 bridgehead atoms. The maximum absolute atomic E-state index is 12.5. The second kappa shape index (κ2) is 8.14. The number of ether oxygens (including phenoxy) is 1. The summed E-state index contributed by atoms with van der Waals surface area (Å²) in [6, 6.07) is 7.41. The Bertz CT molecular complexity index is 991. The number of rotatable bonds is 5. The van der Waals surface area contributed by atoms with Crippen molar-refractivity contribution in [2.75, 3.05) is 19.1 Å². The number of hydrogen-bond acceptors (Lipinski definition) is 5. The van der Waals surface area contributed by atoms with E-state index in [1.54, 1.807) is 24.9 Å². The fourth-order valence-corrected chi connectivity index (χ4v) is 5.19. The molecule has 0 fully saturated rings. The first-order valence-corrected chi connectivity index (χ1v) is 11.0. The lowest BCUT2D eigenvalue weighted by Gasteiger charge is -2.04. The van der Waals surface area contributed by atoms with E-state index in [-0.39, 0.29) is 5.91 Å². The number of benzene rings is 1. The Morgan fingerprint density at radius 3 is 2.76 bits per heavy atom. The van der Waals surface area contributed by atoms with Crippen LogP contribution in [-0.2, 0) is 6.54 Å². The number of halogens is 2. The third kappa shape index (κ3) is 4.06. The number of fused-ring (bicyclic) bond motifs is 1. The standard InChI is InChI=1S/C16H14Cl2N2O2S3/c1-22-9-3-4-11-12(7-9)24-16(20(11)5-6-23-2)19-15(21)10-8-13(17)25-14(10)18/h3-4,7-8H,5-6H2,1-2H3. The molecule has 9 heteroatoms. The number of thioether (sulfide) groups is 1. The van der Waals surface area contributed by atoms with Gasteiger partial charge in [0.05, 0.1) is 27.2 Å². The summed E-state index contributed by atoms with van der Waals surface area (Å²) in [4.78, 5) is 17.5. The van der Waals surface area contributed by atoms with Gasteiger partial charge in [-0.3, -0.25) is 4.79 Å². The lowest BCUT2D eigenvalue weighted by molar-refractivity contribution is 0.0998. The molecule has 3 aromatic rings. The molecule has 3 rings (SSSR count). The quantitative estimate of drug-likeness (QED) is 0.557. The molecule has 0 aliphatic rings. The molecule has 0 atom stereocenters. The van der Waals surface area contributed by atoms with Crippen molar-refractivity contribution >= 4 is 73.8 Å². The number of carbonyl (C=O) groups excluding carboxylic acids is 1. The second-order valence-electron chi connectivity index (χ2n) is 5.02. The highest BCUT2D eigenvalue weighted by Crippen LogP contribution is 2.31.